The summed E-state index contributed by atoms with van der Waals surface area (Å²) in [4.78, 5) is 52.2. The molecular formula is C39H47N3O7S. The fourth-order valence-electron chi connectivity index (χ4n) is 4.97. The quantitative estimate of drug-likeness (QED) is 0.0836. The third kappa shape index (κ3) is 15.1. The second kappa shape index (κ2) is 22.7. The summed E-state index contributed by atoms with van der Waals surface area (Å²) < 4.78 is 10.9. The molecule has 3 aromatic carbocycles. The van der Waals surface area contributed by atoms with Gasteiger partial charge >= 0.3 is 12.1 Å². The number of benzene rings is 3. The van der Waals surface area contributed by atoms with Crippen LogP contribution in [0.1, 0.15) is 36.0 Å². The Kier molecular flexibility index (Phi) is 18.0. The van der Waals surface area contributed by atoms with Crippen LogP contribution < -0.4 is 16.0 Å². The highest BCUT2D eigenvalue weighted by molar-refractivity contribution is 7.98. The molecule has 0 aliphatic heterocycles. The highest BCUT2D eigenvalue weighted by Gasteiger charge is 2.27. The zero-order chi connectivity index (χ0) is 36.0. The van der Waals surface area contributed by atoms with Gasteiger partial charge in [-0.15, -0.1) is 13.2 Å². The Morgan fingerprint density at radius 1 is 0.740 bits per heavy atom. The van der Waals surface area contributed by atoms with Gasteiger partial charge in [0.2, 0.25) is 11.8 Å². The topological polar surface area (TPSA) is 143 Å². The van der Waals surface area contributed by atoms with E-state index in [-0.39, 0.29) is 45.0 Å². The van der Waals surface area contributed by atoms with Crippen molar-refractivity contribution in [2.24, 2.45) is 5.92 Å². The molecule has 0 aromatic heterocycles. The predicted octanol–water partition coefficient (Wildman–Crippen LogP) is 5.12. The lowest BCUT2D eigenvalue weighted by Crippen LogP contribution is -2.47. The van der Waals surface area contributed by atoms with Crippen LogP contribution in [0.15, 0.2) is 116 Å². The smallest absolute Gasteiger partial charge is 0.408 e. The summed E-state index contributed by atoms with van der Waals surface area (Å²) in [5.41, 5.74) is 2.86. The number of alkyl carbamates (subject to hydrolysis) is 1. The van der Waals surface area contributed by atoms with Crippen molar-refractivity contribution in [3.8, 4) is 0 Å². The van der Waals surface area contributed by atoms with Gasteiger partial charge in [0.1, 0.15) is 19.3 Å². The summed E-state index contributed by atoms with van der Waals surface area (Å²) in [6, 6.07) is 26.3. The van der Waals surface area contributed by atoms with Crippen molar-refractivity contribution < 1.29 is 33.8 Å². The summed E-state index contributed by atoms with van der Waals surface area (Å²) in [7, 11) is 0. The number of amides is 3. The number of ether oxygens (including phenoxy) is 2. The van der Waals surface area contributed by atoms with Gasteiger partial charge in [0.15, 0.2) is 0 Å². The molecule has 266 valence electrons. The average Bonchev–Trinajstić information content (AvgIpc) is 3.13. The number of allylic oxidation sites excluding steroid dienone is 1. The number of thioether (sulfide) groups is 1. The predicted molar refractivity (Wildman–Crippen MR) is 196 cm³/mol. The minimum absolute atomic E-state index is 0.0346. The SMILES string of the molecule is C=CC[C@H](CC(=O)N[C@@H](CO)Cc1ccccc1)C(=O)N[C@H](COC(=O)[C@@H](CC=C)NC(=O)OCc1ccccc1)CSCc1ccccc1. The van der Waals surface area contributed by atoms with Gasteiger partial charge in [-0.1, -0.05) is 103 Å². The monoisotopic (exact) mass is 701 g/mol. The van der Waals surface area contributed by atoms with Crippen LogP contribution in [-0.4, -0.2) is 66.1 Å². The van der Waals surface area contributed by atoms with Crippen LogP contribution in [-0.2, 0) is 42.6 Å². The van der Waals surface area contributed by atoms with Gasteiger partial charge in [0.25, 0.3) is 0 Å². The molecule has 0 unspecified atom stereocenters. The van der Waals surface area contributed by atoms with E-state index >= 15 is 0 Å². The number of aliphatic hydroxyl groups excluding tert-OH is 1. The summed E-state index contributed by atoms with van der Waals surface area (Å²) in [5.74, 6) is -1.14. The van der Waals surface area contributed by atoms with Gasteiger partial charge in [-0.2, -0.15) is 11.8 Å². The first-order valence-electron chi connectivity index (χ1n) is 16.5. The van der Waals surface area contributed by atoms with Gasteiger partial charge in [-0.05, 0) is 36.0 Å². The summed E-state index contributed by atoms with van der Waals surface area (Å²) >= 11 is 1.55. The standard InChI is InChI=1S/C39H47N3O7S/c1-3-14-32(23-36(44)40-33(24-43)22-29-16-8-5-9-17-29)37(45)41-34(28-50-27-31-20-12-7-13-21-31)26-48-38(46)35(15-4-2)42-39(47)49-25-30-18-10-6-11-19-30/h3-13,16-21,32-35,43H,1-2,14-15,22-28H2,(H,40,44)(H,41,45)(H,42,47)/t32-,33-,34-,35-/m1/s1. The average molecular weight is 702 g/mol. The third-order valence-corrected chi connectivity index (χ3v) is 8.74. The molecule has 11 heteroatoms. The lowest BCUT2D eigenvalue weighted by Gasteiger charge is -2.24. The fourth-order valence-corrected chi connectivity index (χ4v) is 5.98. The summed E-state index contributed by atoms with van der Waals surface area (Å²) in [6.45, 7) is 7.05. The molecule has 3 rings (SSSR count). The molecule has 0 heterocycles. The van der Waals surface area contributed by atoms with Crippen molar-refractivity contribution in [1.82, 2.24) is 16.0 Å². The first kappa shape index (κ1) is 39.6. The maximum atomic E-state index is 13.5. The number of hydrogen-bond donors (Lipinski definition) is 4. The number of carbonyl (C=O) groups excluding carboxylic acids is 4. The molecule has 0 bridgehead atoms. The summed E-state index contributed by atoms with van der Waals surface area (Å²) in [5, 5.41) is 18.2. The largest absolute Gasteiger partial charge is 0.462 e. The zero-order valence-corrected chi connectivity index (χ0v) is 29.0. The molecule has 3 amide bonds. The van der Waals surface area contributed by atoms with Gasteiger partial charge in [-0.25, -0.2) is 9.59 Å². The molecule has 4 N–H and O–H groups in total. The molecule has 0 saturated heterocycles. The number of aliphatic hydroxyl groups is 1. The highest BCUT2D eigenvalue weighted by atomic mass is 32.2. The van der Waals surface area contributed by atoms with Crippen molar-refractivity contribution in [1.29, 1.82) is 0 Å². The molecule has 0 aliphatic carbocycles. The maximum absolute atomic E-state index is 13.5. The number of hydrogen-bond acceptors (Lipinski definition) is 8. The van der Waals surface area contributed by atoms with E-state index < -0.39 is 42.0 Å². The van der Waals surface area contributed by atoms with Crippen molar-refractivity contribution in [3.05, 3.63) is 133 Å². The zero-order valence-electron chi connectivity index (χ0n) is 28.2. The first-order chi connectivity index (χ1) is 24.3. The van der Waals surface area contributed by atoms with E-state index in [0.29, 0.717) is 17.9 Å². The number of rotatable bonds is 22. The van der Waals surface area contributed by atoms with E-state index in [1.807, 2.05) is 91.0 Å². The van der Waals surface area contributed by atoms with Crippen molar-refractivity contribution >= 4 is 35.6 Å². The Labute approximate surface area is 298 Å². The molecule has 3 aromatic rings. The highest BCUT2D eigenvalue weighted by Crippen LogP contribution is 2.16. The number of esters is 1. The van der Waals surface area contributed by atoms with Crippen LogP contribution in [0.25, 0.3) is 0 Å². The molecule has 0 saturated carbocycles. The van der Waals surface area contributed by atoms with Gasteiger partial charge in [0.05, 0.1) is 24.6 Å². The van der Waals surface area contributed by atoms with E-state index in [9.17, 15) is 24.3 Å². The van der Waals surface area contributed by atoms with E-state index in [1.165, 1.54) is 6.08 Å². The van der Waals surface area contributed by atoms with Gasteiger partial charge in [0, 0.05) is 17.9 Å². The van der Waals surface area contributed by atoms with E-state index in [0.717, 1.165) is 16.7 Å². The minimum Gasteiger partial charge on any atom is -0.462 e. The summed E-state index contributed by atoms with van der Waals surface area (Å²) in [6.07, 6.45) is 2.95. The van der Waals surface area contributed by atoms with Crippen LogP contribution in [0.2, 0.25) is 0 Å². The second-order valence-corrected chi connectivity index (χ2v) is 12.7. The molecule has 0 radical (unpaired) electrons. The maximum Gasteiger partial charge on any atom is 0.408 e. The Bertz CT molecular complexity index is 1490. The van der Waals surface area contributed by atoms with Crippen molar-refractivity contribution in [2.75, 3.05) is 19.0 Å². The first-order valence-corrected chi connectivity index (χ1v) is 17.7. The van der Waals surface area contributed by atoms with Crippen LogP contribution in [0.4, 0.5) is 4.79 Å². The van der Waals surface area contributed by atoms with E-state index in [4.69, 9.17) is 9.47 Å². The van der Waals surface area contributed by atoms with Crippen LogP contribution in [0.5, 0.6) is 0 Å². The van der Waals surface area contributed by atoms with Crippen LogP contribution in [0.3, 0.4) is 0 Å². The Morgan fingerprint density at radius 2 is 1.34 bits per heavy atom. The van der Waals surface area contributed by atoms with E-state index in [1.54, 1.807) is 17.8 Å². The third-order valence-electron chi connectivity index (χ3n) is 7.56. The second-order valence-electron chi connectivity index (χ2n) is 11.7. The lowest BCUT2D eigenvalue weighted by atomic mass is 9.98. The van der Waals surface area contributed by atoms with Crippen molar-refractivity contribution in [2.45, 2.75) is 56.2 Å². The molecule has 0 aliphatic rings. The van der Waals surface area contributed by atoms with Gasteiger partial charge in [-0.3, -0.25) is 9.59 Å². The Morgan fingerprint density at radius 3 is 1.94 bits per heavy atom. The van der Waals surface area contributed by atoms with E-state index in [2.05, 4.69) is 29.1 Å². The normalized spacial score (nSPS) is 13.1. The van der Waals surface area contributed by atoms with Gasteiger partial charge < -0.3 is 30.5 Å². The Balaban J connectivity index is 1.61. The molecular weight excluding hydrogens is 655 g/mol. The Hall–Kier alpha value is -4.87. The van der Waals surface area contributed by atoms with Crippen molar-refractivity contribution in [3.63, 3.8) is 0 Å². The molecule has 50 heavy (non-hydrogen) atoms. The molecule has 0 fully saturated rings. The molecule has 10 nitrogen and oxygen atoms in total. The number of carbonyl (C=O) groups is 4. The minimum atomic E-state index is -1.04. The molecule has 4 atom stereocenters. The van der Waals surface area contributed by atoms with Crippen LogP contribution >= 0.6 is 11.8 Å². The fraction of sp³-hybridized carbons (Fsp3) is 0.333. The lowest BCUT2D eigenvalue weighted by molar-refractivity contribution is -0.147. The molecule has 0 spiro atoms. The number of nitrogens with one attached hydrogen (secondary N) is 3. The van der Waals surface area contributed by atoms with Crippen LogP contribution in [0, 0.1) is 5.92 Å².